The van der Waals surface area contributed by atoms with Crippen molar-refractivity contribution in [2.45, 2.75) is 44.3 Å². The van der Waals surface area contributed by atoms with Crippen molar-refractivity contribution in [1.29, 1.82) is 0 Å². The number of carbonyl (C=O) groups excluding carboxylic acids is 2. The summed E-state index contributed by atoms with van der Waals surface area (Å²) in [6, 6.07) is 17.8. The molecule has 2 aliphatic rings. The number of benzene rings is 2. The summed E-state index contributed by atoms with van der Waals surface area (Å²) in [6.45, 7) is 0.586. The van der Waals surface area contributed by atoms with E-state index in [1.807, 2.05) is 59.5 Å². The standard InChI is InChI=1S/C21H22N2O2/c24-20(22-18-10-11-18)16-8-6-15(7-9-16)14-23(19-12-13-19)21(25)17-4-2-1-3-5-17/h1-9,18-19H,10-14H2,(H,22,24). The van der Waals surface area contributed by atoms with Crippen LogP contribution in [0.25, 0.3) is 0 Å². The molecule has 0 unspecified atom stereocenters. The Morgan fingerprint density at radius 1 is 0.880 bits per heavy atom. The summed E-state index contributed by atoms with van der Waals surface area (Å²) >= 11 is 0. The lowest BCUT2D eigenvalue weighted by atomic mass is 10.1. The Balaban J connectivity index is 1.45. The van der Waals surface area contributed by atoms with Crippen LogP contribution >= 0.6 is 0 Å². The molecule has 2 aliphatic carbocycles. The minimum absolute atomic E-state index is 0.00605. The topological polar surface area (TPSA) is 49.4 Å². The Morgan fingerprint density at radius 3 is 2.16 bits per heavy atom. The van der Waals surface area contributed by atoms with Gasteiger partial charge in [-0.05, 0) is 55.5 Å². The van der Waals surface area contributed by atoms with Gasteiger partial charge in [-0.25, -0.2) is 0 Å². The first-order valence-corrected chi connectivity index (χ1v) is 8.96. The van der Waals surface area contributed by atoms with Gasteiger partial charge in [0.25, 0.3) is 11.8 Å². The average molecular weight is 334 g/mol. The van der Waals surface area contributed by atoms with E-state index in [-0.39, 0.29) is 11.8 Å². The van der Waals surface area contributed by atoms with E-state index in [0.717, 1.165) is 36.8 Å². The van der Waals surface area contributed by atoms with Gasteiger partial charge >= 0.3 is 0 Å². The van der Waals surface area contributed by atoms with E-state index in [1.165, 1.54) is 0 Å². The second kappa shape index (κ2) is 6.71. The molecule has 2 aromatic rings. The third-order valence-corrected chi connectivity index (χ3v) is 4.75. The highest BCUT2D eigenvalue weighted by Crippen LogP contribution is 2.30. The predicted molar refractivity (Wildman–Crippen MR) is 96.3 cm³/mol. The molecule has 0 bridgehead atoms. The summed E-state index contributed by atoms with van der Waals surface area (Å²) in [6.07, 6.45) is 4.31. The molecular weight excluding hydrogens is 312 g/mol. The maximum atomic E-state index is 12.8. The van der Waals surface area contributed by atoms with E-state index in [9.17, 15) is 9.59 Å². The van der Waals surface area contributed by atoms with Gasteiger partial charge in [-0.1, -0.05) is 30.3 Å². The minimum atomic E-state index is -0.00605. The van der Waals surface area contributed by atoms with Crippen LogP contribution in [-0.2, 0) is 6.54 Å². The van der Waals surface area contributed by atoms with Gasteiger partial charge in [0, 0.05) is 29.8 Å². The first-order chi connectivity index (χ1) is 12.2. The molecular formula is C21H22N2O2. The van der Waals surface area contributed by atoms with E-state index >= 15 is 0 Å². The molecule has 2 fully saturated rings. The third kappa shape index (κ3) is 3.90. The van der Waals surface area contributed by atoms with Gasteiger partial charge < -0.3 is 10.2 Å². The van der Waals surface area contributed by atoms with Crippen LogP contribution in [0.1, 0.15) is 52.0 Å². The van der Waals surface area contributed by atoms with E-state index in [2.05, 4.69) is 5.32 Å². The maximum absolute atomic E-state index is 12.8. The number of nitrogens with one attached hydrogen (secondary N) is 1. The van der Waals surface area contributed by atoms with Gasteiger partial charge in [0.05, 0.1) is 0 Å². The van der Waals surface area contributed by atoms with Crippen molar-refractivity contribution in [3.8, 4) is 0 Å². The molecule has 128 valence electrons. The SMILES string of the molecule is O=C(NC1CC1)c1ccc(CN(C(=O)c2ccccc2)C2CC2)cc1. The number of nitrogens with zero attached hydrogens (tertiary/aromatic N) is 1. The number of hydrogen-bond acceptors (Lipinski definition) is 2. The van der Waals surface area contributed by atoms with Crippen LogP contribution in [0.15, 0.2) is 54.6 Å². The normalized spacial score (nSPS) is 16.3. The molecule has 4 nitrogen and oxygen atoms in total. The average Bonchev–Trinajstić information content (AvgIpc) is 3.54. The highest BCUT2D eigenvalue weighted by atomic mass is 16.2. The number of hydrogen-bond donors (Lipinski definition) is 1. The van der Waals surface area contributed by atoms with Crippen molar-refractivity contribution in [2.24, 2.45) is 0 Å². The number of rotatable bonds is 6. The molecule has 1 N–H and O–H groups in total. The molecule has 2 aromatic carbocycles. The molecule has 4 rings (SSSR count). The summed E-state index contributed by atoms with van der Waals surface area (Å²) in [5.74, 6) is 0.0760. The monoisotopic (exact) mass is 334 g/mol. The second-order valence-corrected chi connectivity index (χ2v) is 6.97. The van der Waals surface area contributed by atoms with Crippen molar-refractivity contribution in [3.63, 3.8) is 0 Å². The van der Waals surface area contributed by atoms with Crippen molar-refractivity contribution >= 4 is 11.8 Å². The molecule has 0 spiro atoms. The maximum Gasteiger partial charge on any atom is 0.254 e. The Kier molecular flexibility index (Phi) is 4.26. The number of amides is 2. The summed E-state index contributed by atoms with van der Waals surface area (Å²) in [4.78, 5) is 26.8. The lowest BCUT2D eigenvalue weighted by molar-refractivity contribution is 0.0729. The smallest absolute Gasteiger partial charge is 0.254 e. The largest absolute Gasteiger partial charge is 0.349 e. The van der Waals surface area contributed by atoms with Crippen LogP contribution in [0.3, 0.4) is 0 Å². The van der Waals surface area contributed by atoms with E-state index in [4.69, 9.17) is 0 Å². The van der Waals surface area contributed by atoms with Gasteiger partial charge in [0.1, 0.15) is 0 Å². The second-order valence-electron chi connectivity index (χ2n) is 6.97. The molecule has 0 aliphatic heterocycles. The zero-order chi connectivity index (χ0) is 17.2. The molecule has 25 heavy (non-hydrogen) atoms. The third-order valence-electron chi connectivity index (χ3n) is 4.75. The van der Waals surface area contributed by atoms with Crippen LogP contribution in [-0.4, -0.2) is 28.8 Å². The first-order valence-electron chi connectivity index (χ1n) is 8.96. The van der Waals surface area contributed by atoms with Crippen molar-refractivity contribution < 1.29 is 9.59 Å². The lowest BCUT2D eigenvalue weighted by Gasteiger charge is -2.23. The molecule has 2 amide bonds. The Bertz CT molecular complexity index is 762. The molecule has 0 atom stereocenters. The van der Waals surface area contributed by atoms with Crippen LogP contribution < -0.4 is 5.32 Å². The van der Waals surface area contributed by atoms with Crippen molar-refractivity contribution in [3.05, 3.63) is 71.3 Å². The first kappa shape index (κ1) is 15.9. The molecule has 0 radical (unpaired) electrons. The van der Waals surface area contributed by atoms with Crippen LogP contribution in [0.5, 0.6) is 0 Å². The molecule has 0 saturated heterocycles. The summed E-state index contributed by atoms with van der Waals surface area (Å²) < 4.78 is 0. The molecule has 0 heterocycles. The zero-order valence-electron chi connectivity index (χ0n) is 14.2. The Hall–Kier alpha value is -2.62. The van der Waals surface area contributed by atoms with Gasteiger partial charge in [-0.3, -0.25) is 9.59 Å². The van der Waals surface area contributed by atoms with Crippen molar-refractivity contribution in [1.82, 2.24) is 10.2 Å². The summed E-state index contributed by atoms with van der Waals surface area (Å²) in [7, 11) is 0. The highest BCUT2D eigenvalue weighted by Gasteiger charge is 2.33. The Morgan fingerprint density at radius 2 is 1.56 bits per heavy atom. The summed E-state index contributed by atoms with van der Waals surface area (Å²) in [5.41, 5.74) is 2.47. The van der Waals surface area contributed by atoms with Crippen molar-refractivity contribution in [2.75, 3.05) is 0 Å². The van der Waals surface area contributed by atoms with E-state index in [0.29, 0.717) is 24.2 Å². The van der Waals surface area contributed by atoms with Crippen LogP contribution in [0.4, 0.5) is 0 Å². The number of carbonyl (C=O) groups is 2. The van der Waals surface area contributed by atoms with Crippen LogP contribution in [0, 0.1) is 0 Å². The lowest BCUT2D eigenvalue weighted by Crippen LogP contribution is -2.32. The van der Waals surface area contributed by atoms with Gasteiger partial charge in [0.2, 0.25) is 0 Å². The van der Waals surface area contributed by atoms with E-state index in [1.54, 1.807) is 0 Å². The minimum Gasteiger partial charge on any atom is -0.349 e. The van der Waals surface area contributed by atoms with Gasteiger partial charge in [-0.2, -0.15) is 0 Å². The summed E-state index contributed by atoms with van der Waals surface area (Å²) in [5, 5.41) is 2.99. The molecule has 4 heteroatoms. The quantitative estimate of drug-likeness (QED) is 0.880. The fourth-order valence-electron chi connectivity index (χ4n) is 2.95. The molecule has 2 saturated carbocycles. The highest BCUT2D eigenvalue weighted by molar-refractivity contribution is 5.95. The predicted octanol–water partition coefficient (Wildman–Crippen LogP) is 3.38. The Labute approximate surface area is 147 Å². The van der Waals surface area contributed by atoms with Gasteiger partial charge in [0.15, 0.2) is 0 Å². The van der Waals surface area contributed by atoms with Crippen LogP contribution in [0.2, 0.25) is 0 Å². The fourth-order valence-corrected chi connectivity index (χ4v) is 2.95. The zero-order valence-corrected chi connectivity index (χ0v) is 14.2. The fraction of sp³-hybridized carbons (Fsp3) is 0.333. The van der Waals surface area contributed by atoms with E-state index < -0.39 is 0 Å². The van der Waals surface area contributed by atoms with Gasteiger partial charge in [-0.15, -0.1) is 0 Å². The molecule has 0 aromatic heterocycles.